The molecule has 3 N–H and O–H groups in total. The number of carbonyl (C=O) groups is 1. The third-order valence-electron chi connectivity index (χ3n) is 2.19. The van der Waals surface area contributed by atoms with Gasteiger partial charge in [-0.2, -0.15) is 20.1 Å². The van der Waals surface area contributed by atoms with Crippen LogP contribution in [-0.4, -0.2) is 44.4 Å². The smallest absolute Gasteiger partial charge is 0.307 e. The first kappa shape index (κ1) is 12.7. The van der Waals surface area contributed by atoms with Crippen molar-refractivity contribution in [2.45, 2.75) is 6.42 Å². The van der Waals surface area contributed by atoms with E-state index < -0.39 is 0 Å². The summed E-state index contributed by atoms with van der Waals surface area (Å²) in [4.78, 5) is 23.0. The Balaban J connectivity index is 2.07. The highest BCUT2D eigenvalue weighted by Crippen LogP contribution is 2.06. The van der Waals surface area contributed by atoms with Crippen molar-refractivity contribution < 1.29 is 9.53 Å². The molecule has 0 aliphatic carbocycles. The molecule has 0 aromatic carbocycles. The van der Waals surface area contributed by atoms with Crippen molar-refractivity contribution >= 4 is 17.9 Å². The predicted molar refractivity (Wildman–Crippen MR) is 66.5 cm³/mol. The maximum atomic E-state index is 11.0. The molecule has 2 aromatic heterocycles. The standard InChI is InChI=1S/C10H13N7O2/c1-19-7(18)3-5-12-9-14-8(11)15-10(16-9)17-6-2-4-13-17/h2,4,6H,3,5H2,1H3,(H3,11,12,14,15,16). The molecule has 19 heavy (non-hydrogen) atoms. The van der Waals surface area contributed by atoms with E-state index in [0.29, 0.717) is 12.5 Å². The molecular weight excluding hydrogens is 250 g/mol. The Labute approximate surface area is 108 Å². The first-order valence-corrected chi connectivity index (χ1v) is 5.51. The van der Waals surface area contributed by atoms with E-state index in [-0.39, 0.29) is 24.3 Å². The molecule has 9 heteroatoms. The number of hydrogen-bond acceptors (Lipinski definition) is 8. The quantitative estimate of drug-likeness (QED) is 0.700. The monoisotopic (exact) mass is 263 g/mol. The van der Waals surface area contributed by atoms with Crippen LogP contribution in [0.4, 0.5) is 11.9 Å². The highest BCUT2D eigenvalue weighted by Gasteiger charge is 2.07. The van der Waals surface area contributed by atoms with Crippen molar-refractivity contribution in [3.63, 3.8) is 0 Å². The average Bonchev–Trinajstić information content (AvgIpc) is 2.91. The summed E-state index contributed by atoms with van der Waals surface area (Å²) in [7, 11) is 1.33. The number of carbonyl (C=O) groups excluding carboxylic acids is 1. The second-order valence-corrected chi connectivity index (χ2v) is 3.52. The number of nitrogens with two attached hydrogens (primary N) is 1. The SMILES string of the molecule is COC(=O)CCNc1nc(N)nc(-n2cccn2)n1. The van der Waals surface area contributed by atoms with Gasteiger partial charge >= 0.3 is 5.97 Å². The van der Waals surface area contributed by atoms with Crippen LogP contribution in [0.25, 0.3) is 5.95 Å². The lowest BCUT2D eigenvalue weighted by Gasteiger charge is -2.06. The minimum absolute atomic E-state index is 0.0704. The molecule has 100 valence electrons. The predicted octanol–water partition coefficient (Wildman–Crippen LogP) is -0.386. The zero-order chi connectivity index (χ0) is 13.7. The van der Waals surface area contributed by atoms with Gasteiger partial charge < -0.3 is 15.8 Å². The third kappa shape index (κ3) is 3.37. The molecule has 0 atom stereocenters. The van der Waals surface area contributed by atoms with E-state index in [2.05, 4.69) is 30.1 Å². The second kappa shape index (κ2) is 5.76. The van der Waals surface area contributed by atoms with Gasteiger partial charge in [-0.05, 0) is 6.07 Å². The van der Waals surface area contributed by atoms with Crippen LogP contribution in [0.15, 0.2) is 18.5 Å². The van der Waals surface area contributed by atoms with Crippen LogP contribution in [0.5, 0.6) is 0 Å². The largest absolute Gasteiger partial charge is 0.469 e. The van der Waals surface area contributed by atoms with Gasteiger partial charge in [0.25, 0.3) is 5.95 Å². The zero-order valence-corrected chi connectivity index (χ0v) is 10.3. The molecule has 0 radical (unpaired) electrons. The van der Waals surface area contributed by atoms with Gasteiger partial charge in [-0.15, -0.1) is 0 Å². The molecule has 2 aromatic rings. The summed E-state index contributed by atoms with van der Waals surface area (Å²) < 4.78 is 5.99. The van der Waals surface area contributed by atoms with Crippen molar-refractivity contribution in [2.24, 2.45) is 0 Å². The van der Waals surface area contributed by atoms with Gasteiger partial charge in [-0.3, -0.25) is 4.79 Å². The van der Waals surface area contributed by atoms with Crippen LogP contribution in [0.2, 0.25) is 0 Å². The molecule has 0 bridgehead atoms. The molecule has 0 spiro atoms. The van der Waals surface area contributed by atoms with Crippen LogP contribution >= 0.6 is 0 Å². The number of nitrogens with zero attached hydrogens (tertiary/aromatic N) is 5. The molecule has 0 saturated carbocycles. The van der Waals surface area contributed by atoms with Crippen molar-refractivity contribution in [1.82, 2.24) is 24.7 Å². The average molecular weight is 263 g/mol. The van der Waals surface area contributed by atoms with Crippen LogP contribution in [0, 0.1) is 0 Å². The summed E-state index contributed by atoms with van der Waals surface area (Å²) in [6.45, 7) is 0.342. The first-order chi connectivity index (χ1) is 9.19. The van der Waals surface area contributed by atoms with E-state index in [1.54, 1.807) is 18.5 Å². The van der Waals surface area contributed by atoms with E-state index in [1.165, 1.54) is 11.8 Å². The van der Waals surface area contributed by atoms with Crippen LogP contribution in [-0.2, 0) is 9.53 Å². The number of esters is 1. The highest BCUT2D eigenvalue weighted by atomic mass is 16.5. The summed E-state index contributed by atoms with van der Waals surface area (Å²) >= 11 is 0. The number of methoxy groups -OCH3 is 1. The Morgan fingerprint density at radius 2 is 2.32 bits per heavy atom. The summed E-state index contributed by atoms with van der Waals surface area (Å²) in [5, 5.41) is 6.87. The van der Waals surface area contributed by atoms with Gasteiger partial charge in [0.15, 0.2) is 0 Å². The number of aromatic nitrogens is 5. The van der Waals surface area contributed by atoms with Crippen LogP contribution in [0.3, 0.4) is 0 Å². The van der Waals surface area contributed by atoms with Gasteiger partial charge in [-0.25, -0.2) is 4.68 Å². The molecule has 0 amide bonds. The second-order valence-electron chi connectivity index (χ2n) is 3.52. The number of rotatable bonds is 5. The Bertz CT molecular complexity index is 555. The van der Waals surface area contributed by atoms with Crippen LogP contribution in [0.1, 0.15) is 6.42 Å². The van der Waals surface area contributed by atoms with Gasteiger partial charge in [0.1, 0.15) is 0 Å². The van der Waals surface area contributed by atoms with Crippen molar-refractivity contribution in [2.75, 3.05) is 24.7 Å². The van der Waals surface area contributed by atoms with Gasteiger partial charge in [0, 0.05) is 18.9 Å². The first-order valence-electron chi connectivity index (χ1n) is 5.51. The molecule has 9 nitrogen and oxygen atoms in total. The zero-order valence-electron chi connectivity index (χ0n) is 10.3. The Kier molecular flexibility index (Phi) is 3.86. The summed E-state index contributed by atoms with van der Waals surface area (Å²) in [5.41, 5.74) is 5.59. The number of ether oxygens (including phenoxy) is 1. The van der Waals surface area contributed by atoms with Crippen LogP contribution < -0.4 is 11.1 Å². The Hall–Kier alpha value is -2.71. The maximum Gasteiger partial charge on any atom is 0.307 e. The van der Waals surface area contributed by atoms with Crippen molar-refractivity contribution in [1.29, 1.82) is 0 Å². The van der Waals surface area contributed by atoms with E-state index >= 15 is 0 Å². The topological polar surface area (TPSA) is 121 Å². The number of nitrogen functional groups attached to an aromatic ring is 1. The summed E-state index contributed by atoms with van der Waals surface area (Å²) in [6, 6.07) is 1.74. The van der Waals surface area contributed by atoms with Gasteiger partial charge in [0.05, 0.1) is 13.5 Å². The lowest BCUT2D eigenvalue weighted by Crippen LogP contribution is -2.14. The van der Waals surface area contributed by atoms with Crippen molar-refractivity contribution in [3.8, 4) is 5.95 Å². The minimum Gasteiger partial charge on any atom is -0.469 e. The summed E-state index contributed by atoms with van der Waals surface area (Å²) in [6.07, 6.45) is 3.50. The molecule has 0 aliphatic heterocycles. The summed E-state index contributed by atoms with van der Waals surface area (Å²) in [5.74, 6) is 0.336. The fourth-order valence-electron chi connectivity index (χ4n) is 1.33. The number of hydrogen-bond donors (Lipinski definition) is 2. The molecular formula is C10H13N7O2. The van der Waals surface area contributed by atoms with E-state index in [9.17, 15) is 4.79 Å². The lowest BCUT2D eigenvalue weighted by atomic mass is 10.4. The highest BCUT2D eigenvalue weighted by molar-refractivity contribution is 5.69. The van der Waals surface area contributed by atoms with E-state index in [4.69, 9.17) is 5.73 Å². The molecule has 0 unspecified atom stereocenters. The van der Waals surface area contributed by atoms with Gasteiger partial charge in [-0.1, -0.05) is 0 Å². The molecule has 0 fully saturated rings. The van der Waals surface area contributed by atoms with E-state index in [1.807, 2.05) is 0 Å². The molecule has 0 aliphatic rings. The Morgan fingerprint density at radius 3 is 3.00 bits per heavy atom. The van der Waals surface area contributed by atoms with Crippen molar-refractivity contribution in [3.05, 3.63) is 18.5 Å². The maximum absolute atomic E-state index is 11.0. The minimum atomic E-state index is -0.318. The number of nitrogens with one attached hydrogen (secondary N) is 1. The normalized spacial score (nSPS) is 10.2. The van der Waals surface area contributed by atoms with E-state index in [0.717, 1.165) is 0 Å². The third-order valence-corrected chi connectivity index (χ3v) is 2.19. The molecule has 2 rings (SSSR count). The molecule has 2 heterocycles. The molecule has 0 saturated heterocycles. The van der Waals surface area contributed by atoms with Gasteiger partial charge in [0.2, 0.25) is 11.9 Å². The Morgan fingerprint density at radius 1 is 1.47 bits per heavy atom. The lowest BCUT2D eigenvalue weighted by molar-refractivity contribution is -0.140. The fourth-order valence-corrected chi connectivity index (χ4v) is 1.33. The fraction of sp³-hybridized carbons (Fsp3) is 0.300. The number of anilines is 2.